The summed E-state index contributed by atoms with van der Waals surface area (Å²) in [5, 5.41) is 11.4. The van der Waals surface area contributed by atoms with Gasteiger partial charge in [-0.05, 0) is 49.9 Å². The van der Waals surface area contributed by atoms with Crippen molar-refractivity contribution in [3.8, 4) is 0 Å². The van der Waals surface area contributed by atoms with Crippen LogP contribution in [0.15, 0.2) is 12.1 Å². The second-order valence-corrected chi connectivity index (χ2v) is 4.57. The van der Waals surface area contributed by atoms with Gasteiger partial charge in [0.2, 0.25) is 5.91 Å². The zero-order valence-electron chi connectivity index (χ0n) is 11.2. The molecule has 1 atom stereocenters. The molecule has 0 saturated carbocycles. The molecule has 1 rings (SSSR count). The van der Waals surface area contributed by atoms with E-state index in [0.717, 1.165) is 11.1 Å². The Morgan fingerprint density at radius 1 is 1.22 bits per heavy atom. The molecule has 4 nitrogen and oxygen atoms in total. The van der Waals surface area contributed by atoms with Crippen LogP contribution in [0.4, 0.5) is 0 Å². The first-order valence-electron chi connectivity index (χ1n) is 5.90. The van der Waals surface area contributed by atoms with E-state index in [0.29, 0.717) is 6.54 Å². The van der Waals surface area contributed by atoms with Gasteiger partial charge in [-0.3, -0.25) is 9.59 Å². The molecule has 4 heteroatoms. The SMILES string of the molecule is Cc1ccc(CNC(=O)C(C)C(=O)O)c(C)c1C. The summed E-state index contributed by atoms with van der Waals surface area (Å²) in [4.78, 5) is 22.2. The highest BCUT2D eigenvalue weighted by Gasteiger charge is 2.20. The lowest BCUT2D eigenvalue weighted by Gasteiger charge is -2.13. The second kappa shape index (κ2) is 5.67. The van der Waals surface area contributed by atoms with E-state index < -0.39 is 17.8 Å². The predicted molar refractivity (Wildman–Crippen MR) is 69.3 cm³/mol. The van der Waals surface area contributed by atoms with E-state index in [1.165, 1.54) is 18.1 Å². The minimum Gasteiger partial charge on any atom is -0.481 e. The van der Waals surface area contributed by atoms with Crippen LogP contribution >= 0.6 is 0 Å². The Hall–Kier alpha value is -1.84. The van der Waals surface area contributed by atoms with Crippen molar-refractivity contribution in [2.24, 2.45) is 5.92 Å². The molecule has 0 fully saturated rings. The normalized spacial score (nSPS) is 12.0. The topological polar surface area (TPSA) is 66.4 Å². The minimum absolute atomic E-state index is 0.364. The zero-order chi connectivity index (χ0) is 13.9. The van der Waals surface area contributed by atoms with Gasteiger partial charge >= 0.3 is 5.97 Å². The van der Waals surface area contributed by atoms with Crippen molar-refractivity contribution >= 4 is 11.9 Å². The summed E-state index contributed by atoms with van der Waals surface area (Å²) in [6.45, 7) is 7.83. The predicted octanol–water partition coefficient (Wildman–Crippen LogP) is 1.95. The number of hydrogen-bond donors (Lipinski definition) is 2. The summed E-state index contributed by atoms with van der Waals surface area (Å²) < 4.78 is 0. The quantitative estimate of drug-likeness (QED) is 0.801. The van der Waals surface area contributed by atoms with E-state index in [1.54, 1.807) is 0 Å². The third-order valence-electron chi connectivity index (χ3n) is 3.39. The molecular weight excluding hydrogens is 230 g/mol. The molecule has 1 aromatic carbocycles. The molecule has 1 unspecified atom stereocenters. The molecule has 0 aliphatic rings. The number of benzene rings is 1. The lowest BCUT2D eigenvalue weighted by Crippen LogP contribution is -2.33. The van der Waals surface area contributed by atoms with Gasteiger partial charge in [0.25, 0.3) is 0 Å². The monoisotopic (exact) mass is 249 g/mol. The summed E-state index contributed by atoms with van der Waals surface area (Å²) in [7, 11) is 0. The lowest BCUT2D eigenvalue weighted by atomic mass is 9.99. The number of nitrogens with one attached hydrogen (secondary N) is 1. The Morgan fingerprint density at radius 2 is 1.83 bits per heavy atom. The van der Waals surface area contributed by atoms with Crippen LogP contribution in [0.5, 0.6) is 0 Å². The van der Waals surface area contributed by atoms with Crippen molar-refractivity contribution in [1.82, 2.24) is 5.32 Å². The minimum atomic E-state index is -1.11. The number of amides is 1. The Labute approximate surface area is 107 Å². The maximum atomic E-state index is 11.5. The van der Waals surface area contributed by atoms with Crippen LogP contribution in [0.1, 0.15) is 29.2 Å². The molecule has 0 aromatic heterocycles. The van der Waals surface area contributed by atoms with Crippen molar-refractivity contribution in [2.45, 2.75) is 34.2 Å². The van der Waals surface area contributed by atoms with Crippen molar-refractivity contribution in [1.29, 1.82) is 0 Å². The van der Waals surface area contributed by atoms with Crippen LogP contribution in [0, 0.1) is 26.7 Å². The molecule has 0 bridgehead atoms. The Morgan fingerprint density at radius 3 is 2.39 bits per heavy atom. The van der Waals surface area contributed by atoms with Crippen molar-refractivity contribution in [3.05, 3.63) is 34.4 Å². The van der Waals surface area contributed by atoms with E-state index in [1.807, 2.05) is 32.9 Å². The number of carboxylic acids is 1. The summed E-state index contributed by atoms with van der Waals surface area (Å²) in [5.41, 5.74) is 4.57. The molecule has 1 aromatic rings. The van der Waals surface area contributed by atoms with Gasteiger partial charge < -0.3 is 10.4 Å². The van der Waals surface area contributed by atoms with Gasteiger partial charge in [0.15, 0.2) is 0 Å². The molecule has 0 radical (unpaired) electrons. The molecule has 0 aliphatic carbocycles. The van der Waals surface area contributed by atoms with Crippen LogP contribution in [-0.4, -0.2) is 17.0 Å². The molecule has 18 heavy (non-hydrogen) atoms. The lowest BCUT2D eigenvalue weighted by molar-refractivity contribution is -0.146. The first-order valence-corrected chi connectivity index (χ1v) is 5.90. The van der Waals surface area contributed by atoms with Crippen LogP contribution in [-0.2, 0) is 16.1 Å². The van der Waals surface area contributed by atoms with Gasteiger partial charge in [-0.15, -0.1) is 0 Å². The van der Waals surface area contributed by atoms with Crippen LogP contribution < -0.4 is 5.32 Å². The molecule has 0 aliphatic heterocycles. The third kappa shape index (κ3) is 3.09. The number of carboxylic acid groups (broad SMARTS) is 1. The number of aliphatic carboxylic acids is 1. The zero-order valence-corrected chi connectivity index (χ0v) is 11.2. The smallest absolute Gasteiger partial charge is 0.315 e. The fraction of sp³-hybridized carbons (Fsp3) is 0.429. The van der Waals surface area contributed by atoms with Gasteiger partial charge in [-0.2, -0.15) is 0 Å². The Bertz CT molecular complexity index is 480. The van der Waals surface area contributed by atoms with Crippen LogP contribution in [0.25, 0.3) is 0 Å². The second-order valence-electron chi connectivity index (χ2n) is 4.57. The highest BCUT2D eigenvalue weighted by Crippen LogP contribution is 2.16. The third-order valence-corrected chi connectivity index (χ3v) is 3.39. The maximum Gasteiger partial charge on any atom is 0.315 e. The van der Waals surface area contributed by atoms with Crippen LogP contribution in [0.2, 0.25) is 0 Å². The number of aryl methyl sites for hydroxylation is 1. The number of carbonyl (C=O) groups excluding carboxylic acids is 1. The standard InChI is InChI=1S/C14H19NO3/c1-8-5-6-12(10(3)9(8)2)7-15-13(16)11(4)14(17)18/h5-6,11H,7H2,1-4H3,(H,15,16)(H,17,18). The molecule has 0 saturated heterocycles. The van der Waals surface area contributed by atoms with Gasteiger partial charge in [0, 0.05) is 6.54 Å². The van der Waals surface area contributed by atoms with E-state index in [4.69, 9.17) is 5.11 Å². The van der Waals surface area contributed by atoms with E-state index in [9.17, 15) is 9.59 Å². The number of hydrogen-bond acceptors (Lipinski definition) is 2. The largest absolute Gasteiger partial charge is 0.481 e. The highest BCUT2D eigenvalue weighted by molar-refractivity contribution is 5.96. The molecule has 1 amide bonds. The Kier molecular flexibility index (Phi) is 4.48. The summed E-state index contributed by atoms with van der Waals surface area (Å²) >= 11 is 0. The first-order chi connectivity index (χ1) is 8.34. The Balaban J connectivity index is 2.73. The van der Waals surface area contributed by atoms with Crippen molar-refractivity contribution in [3.63, 3.8) is 0 Å². The summed E-state index contributed by atoms with van der Waals surface area (Å²) in [5.74, 6) is -2.58. The van der Waals surface area contributed by atoms with Gasteiger partial charge in [-0.25, -0.2) is 0 Å². The van der Waals surface area contributed by atoms with E-state index >= 15 is 0 Å². The van der Waals surface area contributed by atoms with Crippen molar-refractivity contribution < 1.29 is 14.7 Å². The van der Waals surface area contributed by atoms with Crippen molar-refractivity contribution in [2.75, 3.05) is 0 Å². The average molecular weight is 249 g/mol. The van der Waals surface area contributed by atoms with Gasteiger partial charge in [-0.1, -0.05) is 12.1 Å². The highest BCUT2D eigenvalue weighted by atomic mass is 16.4. The molecule has 98 valence electrons. The van der Waals surface area contributed by atoms with Gasteiger partial charge in [0.1, 0.15) is 5.92 Å². The molecular formula is C14H19NO3. The molecule has 2 N–H and O–H groups in total. The fourth-order valence-electron chi connectivity index (χ4n) is 1.65. The summed E-state index contributed by atoms with van der Waals surface area (Å²) in [6.07, 6.45) is 0. The molecule has 0 spiro atoms. The number of rotatable bonds is 4. The van der Waals surface area contributed by atoms with Crippen LogP contribution in [0.3, 0.4) is 0 Å². The number of carbonyl (C=O) groups is 2. The average Bonchev–Trinajstić information content (AvgIpc) is 2.33. The van der Waals surface area contributed by atoms with E-state index in [2.05, 4.69) is 5.32 Å². The molecule has 0 heterocycles. The van der Waals surface area contributed by atoms with E-state index in [-0.39, 0.29) is 0 Å². The fourth-order valence-corrected chi connectivity index (χ4v) is 1.65. The van der Waals surface area contributed by atoms with Gasteiger partial charge in [0.05, 0.1) is 0 Å². The maximum absolute atomic E-state index is 11.5. The summed E-state index contributed by atoms with van der Waals surface area (Å²) in [6, 6.07) is 3.97. The first kappa shape index (κ1) is 14.2.